The molecule has 5 nitrogen and oxygen atoms in total. The summed E-state index contributed by atoms with van der Waals surface area (Å²) >= 11 is 0. The number of carbonyl (C=O) groups is 1. The van der Waals surface area contributed by atoms with E-state index >= 15 is 0 Å². The number of aromatic amines is 1. The van der Waals surface area contributed by atoms with Gasteiger partial charge in [-0.25, -0.2) is 0 Å². The molecule has 2 N–H and O–H groups in total. The molecule has 1 aromatic heterocycles. The molecule has 0 spiro atoms. The van der Waals surface area contributed by atoms with Crippen molar-refractivity contribution in [3.8, 4) is 11.5 Å². The molecule has 1 aliphatic heterocycles. The van der Waals surface area contributed by atoms with Crippen molar-refractivity contribution >= 4 is 22.8 Å². The van der Waals surface area contributed by atoms with Crippen LogP contribution in [0.25, 0.3) is 17.0 Å². The second kappa shape index (κ2) is 6.93. The number of nitrogens with one attached hydrogen (secondary N) is 2. The SMILES string of the molecule is CC[NH+](CC)Cc1c([O-])ccc2c1O/C(=C\c1c[nH]c3ccccc13)C2=O. The number of hydrogen-bond donors (Lipinski definition) is 2. The smallest absolute Gasteiger partial charge is 0.231 e. The Balaban J connectivity index is 1.73. The van der Waals surface area contributed by atoms with Gasteiger partial charge in [-0.05, 0) is 32.1 Å². The third kappa shape index (κ3) is 3.00. The molecule has 0 bridgehead atoms. The number of rotatable bonds is 5. The zero-order valence-corrected chi connectivity index (χ0v) is 15.5. The lowest BCUT2D eigenvalue weighted by molar-refractivity contribution is -0.910. The molecule has 27 heavy (non-hydrogen) atoms. The van der Waals surface area contributed by atoms with Gasteiger partial charge >= 0.3 is 0 Å². The van der Waals surface area contributed by atoms with Crippen LogP contribution in [0, 0.1) is 0 Å². The molecule has 0 unspecified atom stereocenters. The molecular weight excluding hydrogens is 340 g/mol. The van der Waals surface area contributed by atoms with Crippen molar-refractivity contribution in [3.05, 3.63) is 65.0 Å². The molecule has 0 amide bonds. The quantitative estimate of drug-likeness (QED) is 0.684. The van der Waals surface area contributed by atoms with E-state index in [2.05, 4.69) is 18.8 Å². The summed E-state index contributed by atoms with van der Waals surface area (Å²) in [5.74, 6) is 0.439. The van der Waals surface area contributed by atoms with Crippen LogP contribution in [0.3, 0.4) is 0 Å². The highest BCUT2D eigenvalue weighted by atomic mass is 16.5. The number of H-pyrrole nitrogens is 1. The number of fused-ring (bicyclic) bond motifs is 2. The van der Waals surface area contributed by atoms with E-state index in [0.29, 0.717) is 23.4 Å². The fraction of sp³-hybridized carbons (Fsp3) is 0.227. The third-order valence-electron chi connectivity index (χ3n) is 5.23. The third-order valence-corrected chi connectivity index (χ3v) is 5.23. The standard InChI is InChI=1S/C22H22N2O3/c1-3-24(4-2)13-17-19(25)10-9-16-21(26)20(27-22(16)17)11-14-12-23-18-8-6-5-7-15(14)18/h5-12,23,25H,3-4,13H2,1-2H3/b20-11-. The number of ether oxygens (including phenoxy) is 1. The van der Waals surface area contributed by atoms with E-state index in [9.17, 15) is 9.90 Å². The summed E-state index contributed by atoms with van der Waals surface area (Å²) in [7, 11) is 0. The average Bonchev–Trinajstić information content (AvgIpc) is 3.23. The van der Waals surface area contributed by atoms with Crippen LogP contribution in [0.15, 0.2) is 48.4 Å². The van der Waals surface area contributed by atoms with Gasteiger partial charge in [-0.3, -0.25) is 4.79 Å². The molecule has 3 aromatic rings. The number of ketones is 1. The van der Waals surface area contributed by atoms with Crippen LogP contribution in [0.5, 0.6) is 11.5 Å². The summed E-state index contributed by atoms with van der Waals surface area (Å²) in [6.45, 7) is 6.54. The van der Waals surface area contributed by atoms with E-state index < -0.39 is 0 Å². The van der Waals surface area contributed by atoms with Crippen LogP contribution in [0.4, 0.5) is 0 Å². The molecule has 4 rings (SSSR count). The fourth-order valence-electron chi connectivity index (χ4n) is 3.56. The fourth-order valence-corrected chi connectivity index (χ4v) is 3.56. The van der Waals surface area contributed by atoms with Crippen molar-refractivity contribution in [2.75, 3.05) is 13.1 Å². The second-order valence-corrected chi connectivity index (χ2v) is 6.78. The lowest BCUT2D eigenvalue weighted by Crippen LogP contribution is -3.10. The molecule has 0 fully saturated rings. The average molecular weight is 362 g/mol. The molecule has 2 aromatic carbocycles. The molecule has 0 aliphatic carbocycles. The van der Waals surface area contributed by atoms with Crippen molar-refractivity contribution in [1.29, 1.82) is 0 Å². The van der Waals surface area contributed by atoms with Crippen molar-refractivity contribution in [3.63, 3.8) is 0 Å². The summed E-state index contributed by atoms with van der Waals surface area (Å²) in [6.07, 6.45) is 3.61. The molecule has 138 valence electrons. The molecule has 0 saturated carbocycles. The first-order valence-corrected chi connectivity index (χ1v) is 9.29. The molecule has 1 aliphatic rings. The highest BCUT2D eigenvalue weighted by molar-refractivity contribution is 6.15. The lowest BCUT2D eigenvalue weighted by atomic mass is 10.0. The number of Topliss-reactive ketones (excluding diaryl/α,β-unsaturated/α-hetero) is 1. The summed E-state index contributed by atoms with van der Waals surface area (Å²) in [4.78, 5) is 17.3. The Hall–Kier alpha value is -3.05. The van der Waals surface area contributed by atoms with E-state index in [1.807, 2.05) is 30.5 Å². The molecular formula is C22H22N2O3. The molecule has 5 heteroatoms. The van der Waals surface area contributed by atoms with Gasteiger partial charge < -0.3 is 19.7 Å². The maximum Gasteiger partial charge on any atom is 0.231 e. The number of carbonyl (C=O) groups excluding carboxylic acids is 1. The minimum atomic E-state index is -0.175. The van der Waals surface area contributed by atoms with Gasteiger partial charge in [-0.2, -0.15) is 0 Å². The first-order chi connectivity index (χ1) is 13.1. The van der Waals surface area contributed by atoms with Crippen molar-refractivity contribution in [1.82, 2.24) is 4.98 Å². The van der Waals surface area contributed by atoms with Crippen molar-refractivity contribution in [2.45, 2.75) is 20.4 Å². The largest absolute Gasteiger partial charge is 0.872 e. The van der Waals surface area contributed by atoms with Gasteiger partial charge in [0.1, 0.15) is 12.3 Å². The van der Waals surface area contributed by atoms with E-state index in [-0.39, 0.29) is 17.3 Å². The van der Waals surface area contributed by atoms with Gasteiger partial charge in [-0.1, -0.05) is 30.0 Å². The van der Waals surface area contributed by atoms with Crippen LogP contribution in [-0.2, 0) is 6.54 Å². The highest BCUT2D eigenvalue weighted by Gasteiger charge is 2.31. The van der Waals surface area contributed by atoms with Gasteiger partial charge in [-0.15, -0.1) is 0 Å². The molecule has 0 radical (unpaired) electrons. The Kier molecular flexibility index (Phi) is 4.46. The minimum absolute atomic E-state index is 0.0747. The van der Waals surface area contributed by atoms with Gasteiger partial charge in [0, 0.05) is 28.2 Å². The number of quaternary nitrogens is 1. The van der Waals surface area contributed by atoms with Gasteiger partial charge in [0.15, 0.2) is 5.76 Å². The van der Waals surface area contributed by atoms with Crippen LogP contribution in [-0.4, -0.2) is 23.9 Å². The van der Waals surface area contributed by atoms with E-state index in [4.69, 9.17) is 4.74 Å². The zero-order chi connectivity index (χ0) is 19.0. The monoisotopic (exact) mass is 362 g/mol. The Bertz CT molecular complexity index is 1040. The zero-order valence-electron chi connectivity index (χ0n) is 15.5. The number of allylic oxidation sites excluding steroid dienone is 1. The van der Waals surface area contributed by atoms with Crippen molar-refractivity contribution in [2.24, 2.45) is 0 Å². The summed E-state index contributed by atoms with van der Waals surface area (Å²) < 4.78 is 5.93. The first kappa shape index (κ1) is 17.4. The number of hydrogen-bond acceptors (Lipinski definition) is 3. The maximum atomic E-state index is 12.8. The van der Waals surface area contributed by atoms with Gasteiger partial charge in [0.05, 0.1) is 18.7 Å². The maximum absolute atomic E-state index is 12.8. The Morgan fingerprint density at radius 1 is 1.15 bits per heavy atom. The van der Waals surface area contributed by atoms with E-state index in [0.717, 1.165) is 29.6 Å². The molecule has 2 heterocycles. The minimum Gasteiger partial charge on any atom is -0.872 e. The Labute approximate surface area is 157 Å². The van der Waals surface area contributed by atoms with Gasteiger partial charge in [0.2, 0.25) is 5.78 Å². The van der Waals surface area contributed by atoms with E-state index in [1.165, 1.54) is 11.0 Å². The predicted molar refractivity (Wildman–Crippen MR) is 103 cm³/mol. The van der Waals surface area contributed by atoms with Gasteiger partial charge in [0.25, 0.3) is 0 Å². The summed E-state index contributed by atoms with van der Waals surface area (Å²) in [5.41, 5.74) is 2.95. The topological polar surface area (TPSA) is 69.6 Å². The number of para-hydroxylation sites is 1. The Morgan fingerprint density at radius 2 is 1.93 bits per heavy atom. The Morgan fingerprint density at radius 3 is 2.70 bits per heavy atom. The van der Waals surface area contributed by atoms with Crippen molar-refractivity contribution < 1.29 is 19.5 Å². The normalized spacial score (nSPS) is 14.9. The number of benzene rings is 2. The second-order valence-electron chi connectivity index (χ2n) is 6.78. The number of aromatic nitrogens is 1. The van der Waals surface area contributed by atoms with Crippen LogP contribution in [0.1, 0.15) is 35.3 Å². The highest BCUT2D eigenvalue weighted by Crippen LogP contribution is 2.38. The lowest BCUT2D eigenvalue weighted by Gasteiger charge is -2.21. The molecule has 0 saturated heterocycles. The summed E-state index contributed by atoms with van der Waals surface area (Å²) in [5, 5.41) is 13.4. The van der Waals surface area contributed by atoms with Crippen LogP contribution in [0.2, 0.25) is 0 Å². The van der Waals surface area contributed by atoms with E-state index in [1.54, 1.807) is 12.1 Å². The van der Waals surface area contributed by atoms with Crippen LogP contribution >= 0.6 is 0 Å². The predicted octanol–water partition coefficient (Wildman–Crippen LogP) is 2.28. The first-order valence-electron chi connectivity index (χ1n) is 9.29. The molecule has 0 atom stereocenters. The summed E-state index contributed by atoms with van der Waals surface area (Å²) in [6, 6.07) is 11.0. The van der Waals surface area contributed by atoms with Crippen LogP contribution < -0.4 is 14.7 Å².